The van der Waals surface area contributed by atoms with Crippen molar-refractivity contribution in [2.45, 2.75) is 31.8 Å². The first-order chi connectivity index (χ1) is 7.31. The second-order valence-corrected chi connectivity index (χ2v) is 4.16. The van der Waals surface area contributed by atoms with Crippen molar-refractivity contribution < 1.29 is 0 Å². The number of aryl methyl sites for hydroxylation is 1. The molecule has 1 aliphatic rings. The topological polar surface area (TPSA) is 60.0 Å². The van der Waals surface area contributed by atoms with Crippen molar-refractivity contribution in [2.75, 3.05) is 13.1 Å². The number of nitrogens with zero attached hydrogens (tertiary/aromatic N) is 4. The molecule has 2 heterocycles. The van der Waals surface area contributed by atoms with Crippen LogP contribution in [-0.4, -0.2) is 38.8 Å². The van der Waals surface area contributed by atoms with Gasteiger partial charge in [-0.15, -0.1) is 24.8 Å². The van der Waals surface area contributed by atoms with E-state index >= 15 is 0 Å². The lowest BCUT2D eigenvalue weighted by Crippen LogP contribution is -2.43. The van der Waals surface area contributed by atoms with Crippen molar-refractivity contribution in [2.24, 2.45) is 12.8 Å². The van der Waals surface area contributed by atoms with Crippen LogP contribution in [-0.2, 0) is 13.6 Å². The fourth-order valence-electron chi connectivity index (χ4n) is 2.18. The molecule has 1 aliphatic heterocycles. The number of nitrogens with two attached hydrogens (primary N) is 1. The van der Waals surface area contributed by atoms with Crippen molar-refractivity contribution >= 4 is 24.8 Å². The molecule has 100 valence electrons. The monoisotopic (exact) mass is 281 g/mol. The van der Waals surface area contributed by atoms with Crippen LogP contribution in [0.5, 0.6) is 0 Å². The van der Waals surface area contributed by atoms with Crippen LogP contribution in [0.4, 0.5) is 0 Å². The maximum Gasteiger partial charge on any atom is 0.140 e. The van der Waals surface area contributed by atoms with Gasteiger partial charge in [0.05, 0.1) is 6.54 Å². The largest absolute Gasteiger partial charge is 0.329 e. The smallest absolute Gasteiger partial charge is 0.140 e. The summed E-state index contributed by atoms with van der Waals surface area (Å²) in [7, 11) is 1.93. The van der Waals surface area contributed by atoms with E-state index < -0.39 is 0 Å². The lowest BCUT2D eigenvalue weighted by atomic mass is 10.0. The highest BCUT2D eigenvalue weighted by Gasteiger charge is 2.22. The van der Waals surface area contributed by atoms with Crippen molar-refractivity contribution in [3.05, 3.63) is 12.2 Å². The molecule has 0 amide bonds. The summed E-state index contributed by atoms with van der Waals surface area (Å²) in [6.45, 7) is 2.75. The van der Waals surface area contributed by atoms with E-state index in [1.165, 1.54) is 19.3 Å². The van der Waals surface area contributed by atoms with E-state index in [-0.39, 0.29) is 24.8 Å². The van der Waals surface area contributed by atoms with Gasteiger partial charge in [-0.2, -0.15) is 5.10 Å². The molecule has 0 saturated carbocycles. The first-order valence-corrected chi connectivity index (χ1v) is 5.58. The summed E-state index contributed by atoms with van der Waals surface area (Å²) in [4.78, 5) is 6.67. The lowest BCUT2D eigenvalue weighted by Gasteiger charge is -2.34. The van der Waals surface area contributed by atoms with Gasteiger partial charge in [-0.05, 0) is 19.4 Å². The standard InChI is InChI=1S/C10H19N5.2ClH/c1-14-10(12-8-13-14)7-15-5-3-2-4-9(15)6-11;;/h8-9H,2-7,11H2,1H3;2*1H. The number of likely N-dealkylation sites (tertiary alicyclic amines) is 1. The van der Waals surface area contributed by atoms with Gasteiger partial charge in [0.25, 0.3) is 0 Å². The molecule has 0 aliphatic carbocycles. The zero-order chi connectivity index (χ0) is 10.7. The fourth-order valence-corrected chi connectivity index (χ4v) is 2.18. The minimum absolute atomic E-state index is 0. The summed E-state index contributed by atoms with van der Waals surface area (Å²) in [5.74, 6) is 1.02. The third-order valence-electron chi connectivity index (χ3n) is 3.17. The van der Waals surface area contributed by atoms with Gasteiger partial charge in [-0.1, -0.05) is 6.42 Å². The Morgan fingerprint density at radius 3 is 2.76 bits per heavy atom. The summed E-state index contributed by atoms with van der Waals surface area (Å²) in [5.41, 5.74) is 5.78. The second kappa shape index (κ2) is 7.87. The maximum atomic E-state index is 5.78. The Balaban J connectivity index is 0.00000128. The molecule has 0 bridgehead atoms. The Morgan fingerprint density at radius 1 is 1.41 bits per heavy atom. The van der Waals surface area contributed by atoms with Gasteiger partial charge in [0.2, 0.25) is 0 Å². The van der Waals surface area contributed by atoms with E-state index in [4.69, 9.17) is 5.73 Å². The van der Waals surface area contributed by atoms with Crippen molar-refractivity contribution in [1.29, 1.82) is 0 Å². The quantitative estimate of drug-likeness (QED) is 0.897. The average Bonchev–Trinajstić information content (AvgIpc) is 2.65. The number of halogens is 2. The summed E-state index contributed by atoms with van der Waals surface area (Å²) >= 11 is 0. The first kappa shape index (κ1) is 16.6. The number of aromatic nitrogens is 3. The van der Waals surface area contributed by atoms with Gasteiger partial charge in [-0.3, -0.25) is 9.58 Å². The van der Waals surface area contributed by atoms with Gasteiger partial charge in [0.15, 0.2) is 0 Å². The molecule has 1 aromatic rings. The van der Waals surface area contributed by atoms with E-state index in [1.807, 2.05) is 11.7 Å². The van der Waals surface area contributed by atoms with Gasteiger partial charge in [-0.25, -0.2) is 4.98 Å². The molecule has 17 heavy (non-hydrogen) atoms. The molecule has 2 rings (SSSR count). The Bertz CT molecular complexity index is 317. The summed E-state index contributed by atoms with van der Waals surface area (Å²) < 4.78 is 1.84. The predicted octanol–water partition coefficient (Wildman–Crippen LogP) is 0.972. The molecule has 1 saturated heterocycles. The third kappa shape index (κ3) is 4.10. The van der Waals surface area contributed by atoms with Crippen molar-refractivity contribution in [1.82, 2.24) is 19.7 Å². The third-order valence-corrected chi connectivity index (χ3v) is 3.17. The minimum Gasteiger partial charge on any atom is -0.329 e. The highest BCUT2D eigenvalue weighted by Crippen LogP contribution is 2.17. The van der Waals surface area contributed by atoms with Crippen LogP contribution in [0.25, 0.3) is 0 Å². The number of piperidine rings is 1. The van der Waals surface area contributed by atoms with Gasteiger partial charge in [0, 0.05) is 19.6 Å². The number of hydrogen-bond acceptors (Lipinski definition) is 4. The zero-order valence-corrected chi connectivity index (χ0v) is 11.7. The number of hydrogen-bond donors (Lipinski definition) is 1. The van der Waals surface area contributed by atoms with Crippen LogP contribution in [0.1, 0.15) is 25.1 Å². The Morgan fingerprint density at radius 2 is 2.18 bits per heavy atom. The predicted molar refractivity (Wildman–Crippen MR) is 72.6 cm³/mol. The van der Waals surface area contributed by atoms with Crippen LogP contribution in [0, 0.1) is 0 Å². The Labute approximate surface area is 115 Å². The van der Waals surface area contributed by atoms with Gasteiger partial charge >= 0.3 is 0 Å². The summed E-state index contributed by atoms with van der Waals surface area (Å²) in [6, 6.07) is 0.524. The molecular formula is C10H21Cl2N5. The molecule has 0 radical (unpaired) electrons. The average molecular weight is 282 g/mol. The van der Waals surface area contributed by atoms with E-state index in [0.717, 1.165) is 25.5 Å². The van der Waals surface area contributed by atoms with E-state index in [1.54, 1.807) is 6.33 Å². The molecule has 0 spiro atoms. The highest BCUT2D eigenvalue weighted by molar-refractivity contribution is 5.85. The molecule has 1 aromatic heterocycles. The Hall–Kier alpha value is -0.360. The summed E-state index contributed by atoms with van der Waals surface area (Å²) in [6.07, 6.45) is 5.40. The molecule has 1 unspecified atom stereocenters. The van der Waals surface area contributed by atoms with Gasteiger partial charge < -0.3 is 5.73 Å². The molecule has 2 N–H and O–H groups in total. The Kier molecular flexibility index (Phi) is 7.70. The molecule has 0 aromatic carbocycles. The van der Waals surface area contributed by atoms with Crippen LogP contribution < -0.4 is 5.73 Å². The normalized spacial score (nSPS) is 20.5. The molecule has 5 nitrogen and oxygen atoms in total. The van der Waals surface area contributed by atoms with Crippen LogP contribution in [0.2, 0.25) is 0 Å². The molecular weight excluding hydrogens is 261 g/mol. The SMILES string of the molecule is Cl.Cl.Cn1ncnc1CN1CCCCC1CN. The van der Waals surface area contributed by atoms with Crippen molar-refractivity contribution in [3.8, 4) is 0 Å². The van der Waals surface area contributed by atoms with Gasteiger partial charge in [0.1, 0.15) is 12.2 Å². The fraction of sp³-hybridized carbons (Fsp3) is 0.800. The van der Waals surface area contributed by atoms with Crippen LogP contribution in [0.3, 0.4) is 0 Å². The van der Waals surface area contributed by atoms with Crippen LogP contribution in [0.15, 0.2) is 6.33 Å². The molecule has 7 heteroatoms. The van der Waals surface area contributed by atoms with Crippen molar-refractivity contribution in [3.63, 3.8) is 0 Å². The lowest BCUT2D eigenvalue weighted by molar-refractivity contribution is 0.139. The first-order valence-electron chi connectivity index (χ1n) is 5.58. The summed E-state index contributed by atoms with van der Waals surface area (Å²) in [5, 5.41) is 4.08. The number of rotatable bonds is 3. The zero-order valence-electron chi connectivity index (χ0n) is 10.1. The van der Waals surface area contributed by atoms with E-state index in [0.29, 0.717) is 6.04 Å². The molecule has 1 fully saturated rings. The van der Waals surface area contributed by atoms with Crippen LogP contribution >= 0.6 is 24.8 Å². The van der Waals surface area contributed by atoms with E-state index in [2.05, 4.69) is 15.0 Å². The highest BCUT2D eigenvalue weighted by atomic mass is 35.5. The minimum atomic E-state index is 0. The molecule has 1 atom stereocenters. The van der Waals surface area contributed by atoms with E-state index in [9.17, 15) is 0 Å². The maximum absolute atomic E-state index is 5.78. The second-order valence-electron chi connectivity index (χ2n) is 4.16.